The van der Waals surface area contributed by atoms with E-state index in [1.165, 1.54) is 0 Å². The molecule has 1 aliphatic rings. The van der Waals surface area contributed by atoms with Crippen LogP contribution in [0.3, 0.4) is 0 Å². The first-order chi connectivity index (χ1) is 13.0. The van der Waals surface area contributed by atoms with Crippen LogP contribution in [0.4, 0.5) is 4.79 Å². The van der Waals surface area contributed by atoms with Gasteiger partial charge in [0.05, 0.1) is 12.6 Å². The van der Waals surface area contributed by atoms with Crippen molar-refractivity contribution in [2.45, 2.75) is 38.8 Å². The first kappa shape index (κ1) is 20.9. The molecule has 1 aromatic rings. The van der Waals surface area contributed by atoms with Crippen LogP contribution in [-0.4, -0.2) is 47.7 Å². The topological polar surface area (TPSA) is 67.9 Å². The van der Waals surface area contributed by atoms with Gasteiger partial charge in [0, 0.05) is 25.1 Å². The minimum Gasteiger partial charge on any atom is -0.463 e. The van der Waals surface area contributed by atoms with Crippen LogP contribution in [0.2, 0.25) is 0 Å². The molecule has 1 aliphatic heterocycles. The van der Waals surface area contributed by atoms with Crippen LogP contribution in [0.15, 0.2) is 42.5 Å². The number of hydrogen-bond acceptors (Lipinski definition) is 5. The number of esters is 1. The number of thiocarbonyl (C=S) groups is 1. The Morgan fingerprint density at radius 2 is 1.89 bits per heavy atom. The molecule has 0 aromatic heterocycles. The van der Waals surface area contributed by atoms with Gasteiger partial charge in [-0.3, -0.25) is 0 Å². The minimum atomic E-state index is -0.581. The number of likely N-dealkylation sites (tertiary alicyclic amines) is 1. The van der Waals surface area contributed by atoms with Gasteiger partial charge in [0.15, 0.2) is 0 Å². The summed E-state index contributed by atoms with van der Waals surface area (Å²) in [6, 6.07) is 8.87. The zero-order valence-electron chi connectivity index (χ0n) is 15.6. The van der Waals surface area contributed by atoms with E-state index in [4.69, 9.17) is 21.7 Å². The Morgan fingerprint density at radius 1 is 1.22 bits per heavy atom. The molecule has 27 heavy (non-hydrogen) atoms. The van der Waals surface area contributed by atoms with Crippen LogP contribution >= 0.6 is 12.2 Å². The Labute approximate surface area is 165 Å². The number of nitrogens with zero attached hydrogens (tertiary/aromatic N) is 1. The second kappa shape index (κ2) is 10.7. The Balaban J connectivity index is 1.97. The number of amides is 1. The lowest BCUT2D eigenvalue weighted by molar-refractivity contribution is -0.138. The van der Waals surface area contributed by atoms with Crippen LogP contribution < -0.4 is 5.32 Å². The van der Waals surface area contributed by atoms with Crippen molar-refractivity contribution >= 4 is 29.3 Å². The maximum atomic E-state index is 12.3. The summed E-state index contributed by atoms with van der Waals surface area (Å²) in [6.07, 6.45) is 1.73. The van der Waals surface area contributed by atoms with Crippen LogP contribution in [-0.2, 0) is 20.9 Å². The van der Waals surface area contributed by atoms with Crippen molar-refractivity contribution in [1.29, 1.82) is 0 Å². The first-order valence-electron chi connectivity index (χ1n) is 9.12. The fourth-order valence-electron chi connectivity index (χ4n) is 2.83. The van der Waals surface area contributed by atoms with Crippen molar-refractivity contribution in [3.05, 3.63) is 48.0 Å². The van der Waals surface area contributed by atoms with E-state index in [2.05, 4.69) is 16.8 Å². The van der Waals surface area contributed by atoms with E-state index in [9.17, 15) is 9.59 Å². The van der Waals surface area contributed by atoms with Crippen molar-refractivity contribution < 1.29 is 19.1 Å². The summed E-state index contributed by atoms with van der Waals surface area (Å²) in [5, 5.41) is 2.78. The Morgan fingerprint density at radius 3 is 2.52 bits per heavy atom. The normalized spacial score (nSPS) is 14.3. The van der Waals surface area contributed by atoms with Crippen molar-refractivity contribution in [3.8, 4) is 0 Å². The molecule has 0 unspecified atom stereocenters. The molecule has 1 aromatic carbocycles. The summed E-state index contributed by atoms with van der Waals surface area (Å²) in [5.41, 5.74) is 1.16. The summed E-state index contributed by atoms with van der Waals surface area (Å²) >= 11 is 5.56. The smallest absolute Gasteiger partial charge is 0.408 e. The maximum Gasteiger partial charge on any atom is 0.408 e. The number of benzene rings is 1. The third kappa shape index (κ3) is 6.67. The van der Waals surface area contributed by atoms with Crippen molar-refractivity contribution in [3.63, 3.8) is 0 Å². The lowest BCUT2D eigenvalue weighted by atomic mass is 10.1. The molecule has 0 aliphatic carbocycles. The standard InChI is InChI=1S/C20H26N2O4S/c1-3-25-19(23)15(2)13-17(18(27)22-11-7-8-12-22)21-20(24)26-14-16-9-5-4-6-10-16/h4-6,9-10,17H,2-3,7-8,11-14H2,1H3,(H,21,24)/t17-/m0/s1. The molecule has 0 radical (unpaired) electrons. The lowest BCUT2D eigenvalue weighted by Crippen LogP contribution is -2.47. The fourth-order valence-corrected chi connectivity index (χ4v) is 3.15. The van der Waals surface area contributed by atoms with Gasteiger partial charge in [-0.2, -0.15) is 0 Å². The van der Waals surface area contributed by atoms with Crippen LogP contribution in [0, 0.1) is 0 Å². The highest BCUT2D eigenvalue weighted by atomic mass is 32.1. The Kier molecular flexibility index (Phi) is 8.26. The Bertz CT molecular complexity index is 672. The van der Waals surface area contributed by atoms with E-state index in [1.807, 2.05) is 30.3 Å². The van der Waals surface area contributed by atoms with E-state index in [0.29, 0.717) is 4.99 Å². The SMILES string of the molecule is C=C(C[C@H](NC(=O)OCc1ccccc1)C(=S)N1CCCC1)C(=O)OCC. The molecule has 1 amide bonds. The number of carbonyl (C=O) groups excluding carboxylic acids is 2. The van der Waals surface area contributed by atoms with Gasteiger partial charge in [0.25, 0.3) is 0 Å². The average molecular weight is 391 g/mol. The summed E-state index contributed by atoms with van der Waals surface area (Å²) in [4.78, 5) is 26.8. The lowest BCUT2D eigenvalue weighted by Gasteiger charge is -2.27. The molecule has 1 saturated heterocycles. The quantitative estimate of drug-likeness (QED) is 0.418. The molecule has 1 fully saturated rings. The van der Waals surface area contributed by atoms with Crippen LogP contribution in [0.5, 0.6) is 0 Å². The van der Waals surface area contributed by atoms with Gasteiger partial charge < -0.3 is 19.7 Å². The molecular formula is C20H26N2O4S. The highest BCUT2D eigenvalue weighted by Crippen LogP contribution is 2.15. The number of hydrogen-bond donors (Lipinski definition) is 1. The predicted octanol–water partition coefficient (Wildman–Crippen LogP) is 3.21. The highest BCUT2D eigenvalue weighted by Gasteiger charge is 2.27. The van der Waals surface area contributed by atoms with Crippen LogP contribution in [0.1, 0.15) is 31.7 Å². The van der Waals surface area contributed by atoms with E-state index in [0.717, 1.165) is 31.5 Å². The summed E-state index contributed by atoms with van der Waals surface area (Å²) < 4.78 is 10.3. The molecule has 1 atom stereocenters. The molecule has 0 bridgehead atoms. The van der Waals surface area contributed by atoms with E-state index >= 15 is 0 Å². The number of ether oxygens (including phenoxy) is 2. The van der Waals surface area contributed by atoms with E-state index in [1.54, 1.807) is 6.92 Å². The molecule has 1 heterocycles. The molecule has 6 nitrogen and oxygen atoms in total. The summed E-state index contributed by atoms with van der Waals surface area (Å²) in [6.45, 7) is 7.64. The van der Waals surface area contributed by atoms with E-state index in [-0.39, 0.29) is 25.2 Å². The summed E-state index contributed by atoms with van der Waals surface area (Å²) in [7, 11) is 0. The molecule has 1 N–H and O–H groups in total. The number of rotatable bonds is 8. The van der Waals surface area contributed by atoms with Crippen molar-refractivity contribution in [2.75, 3.05) is 19.7 Å². The maximum absolute atomic E-state index is 12.3. The van der Waals surface area contributed by atoms with Gasteiger partial charge in [0.1, 0.15) is 11.6 Å². The molecule has 146 valence electrons. The Hall–Kier alpha value is -2.41. The predicted molar refractivity (Wildman–Crippen MR) is 107 cm³/mol. The van der Waals surface area contributed by atoms with Crippen molar-refractivity contribution in [1.82, 2.24) is 10.2 Å². The molecule has 2 rings (SSSR count). The minimum absolute atomic E-state index is 0.161. The van der Waals surface area contributed by atoms with Gasteiger partial charge in [-0.15, -0.1) is 0 Å². The second-order valence-electron chi connectivity index (χ2n) is 6.32. The van der Waals surface area contributed by atoms with Crippen LogP contribution in [0.25, 0.3) is 0 Å². The number of carbonyl (C=O) groups is 2. The third-order valence-corrected chi connectivity index (χ3v) is 4.78. The number of nitrogens with one attached hydrogen (secondary N) is 1. The average Bonchev–Trinajstić information content (AvgIpc) is 3.21. The molecular weight excluding hydrogens is 364 g/mol. The molecule has 0 saturated carbocycles. The van der Waals surface area contributed by atoms with Gasteiger partial charge in [-0.1, -0.05) is 49.1 Å². The zero-order valence-corrected chi connectivity index (χ0v) is 16.4. The van der Waals surface area contributed by atoms with Gasteiger partial charge in [-0.05, 0) is 25.3 Å². The monoisotopic (exact) mass is 390 g/mol. The third-order valence-electron chi connectivity index (χ3n) is 4.24. The van der Waals surface area contributed by atoms with Gasteiger partial charge in [-0.25, -0.2) is 9.59 Å². The molecule has 0 spiro atoms. The fraction of sp³-hybridized carbons (Fsp3) is 0.450. The highest BCUT2D eigenvalue weighted by molar-refractivity contribution is 7.80. The van der Waals surface area contributed by atoms with E-state index < -0.39 is 18.1 Å². The van der Waals surface area contributed by atoms with Gasteiger partial charge >= 0.3 is 12.1 Å². The second-order valence-corrected chi connectivity index (χ2v) is 6.74. The largest absolute Gasteiger partial charge is 0.463 e. The van der Waals surface area contributed by atoms with Gasteiger partial charge in [0.2, 0.25) is 0 Å². The number of alkyl carbamates (subject to hydrolysis) is 1. The molecule has 7 heteroatoms. The first-order valence-corrected chi connectivity index (χ1v) is 9.53. The zero-order chi connectivity index (χ0) is 19.6. The van der Waals surface area contributed by atoms with Crippen molar-refractivity contribution in [2.24, 2.45) is 0 Å². The summed E-state index contributed by atoms with van der Waals surface area (Å²) in [5.74, 6) is -0.480.